The second kappa shape index (κ2) is 6.87. The van der Waals surface area contributed by atoms with E-state index in [4.69, 9.17) is 16.3 Å². The van der Waals surface area contributed by atoms with Gasteiger partial charge in [0, 0.05) is 17.6 Å². The molecule has 2 rings (SSSR count). The maximum absolute atomic E-state index is 12.3. The van der Waals surface area contributed by atoms with Gasteiger partial charge in [0.05, 0.1) is 11.5 Å². The van der Waals surface area contributed by atoms with Gasteiger partial charge in [-0.2, -0.15) is 0 Å². The number of hydrogen-bond donors (Lipinski definition) is 0. The molecule has 1 heterocycles. The Bertz CT molecular complexity index is 660. The van der Waals surface area contributed by atoms with E-state index in [1.165, 1.54) is 0 Å². The van der Waals surface area contributed by atoms with Crippen molar-refractivity contribution in [2.24, 2.45) is 0 Å². The Morgan fingerprint density at radius 1 is 1.45 bits per heavy atom. The number of likely N-dealkylation sites (N-methyl/N-ethyl adjacent to an activating group) is 1. The Morgan fingerprint density at radius 3 is 2.73 bits per heavy atom. The Kier molecular flexibility index (Phi) is 5.34. The second-order valence-electron chi connectivity index (χ2n) is 5.44. The Balaban J connectivity index is 1.96. The quantitative estimate of drug-likeness (QED) is 0.819. The van der Waals surface area contributed by atoms with Crippen molar-refractivity contribution in [2.45, 2.75) is 26.3 Å². The first-order chi connectivity index (χ1) is 10.3. The van der Waals surface area contributed by atoms with Crippen LogP contribution in [0.2, 0.25) is 5.02 Å². The zero-order valence-corrected chi connectivity index (χ0v) is 14.3. The first-order valence-corrected chi connectivity index (χ1v) is 9.41. The number of amides is 1. The highest BCUT2D eigenvalue weighted by atomic mass is 35.5. The molecule has 1 aliphatic heterocycles. The summed E-state index contributed by atoms with van der Waals surface area (Å²) in [6, 6.07) is 4.96. The van der Waals surface area contributed by atoms with E-state index in [2.05, 4.69) is 0 Å². The van der Waals surface area contributed by atoms with Crippen molar-refractivity contribution in [3.05, 3.63) is 28.8 Å². The van der Waals surface area contributed by atoms with E-state index in [0.29, 0.717) is 23.7 Å². The Hall–Kier alpha value is -1.27. The lowest BCUT2D eigenvalue weighted by Crippen LogP contribution is -2.43. The number of aryl methyl sites for hydroxylation is 1. The van der Waals surface area contributed by atoms with Gasteiger partial charge in [0.1, 0.15) is 5.75 Å². The highest BCUT2D eigenvalue weighted by Gasteiger charge is 2.33. The van der Waals surface area contributed by atoms with Crippen molar-refractivity contribution in [2.75, 3.05) is 24.7 Å². The van der Waals surface area contributed by atoms with Crippen LogP contribution in [0.5, 0.6) is 5.75 Å². The summed E-state index contributed by atoms with van der Waals surface area (Å²) in [5.41, 5.74) is 0.876. The fraction of sp³-hybridized carbons (Fsp3) is 0.533. The molecular formula is C15H20ClNO4S. The number of sulfone groups is 1. The van der Waals surface area contributed by atoms with Gasteiger partial charge in [0.15, 0.2) is 16.4 Å². The van der Waals surface area contributed by atoms with Crippen LogP contribution in [0.1, 0.15) is 18.9 Å². The molecule has 1 unspecified atom stereocenters. The Morgan fingerprint density at radius 2 is 2.18 bits per heavy atom. The number of hydrogen-bond acceptors (Lipinski definition) is 4. The minimum absolute atomic E-state index is 0.0482. The van der Waals surface area contributed by atoms with E-state index < -0.39 is 9.84 Å². The summed E-state index contributed by atoms with van der Waals surface area (Å²) in [4.78, 5) is 13.9. The molecule has 7 heteroatoms. The van der Waals surface area contributed by atoms with Crippen molar-refractivity contribution in [1.82, 2.24) is 4.90 Å². The molecule has 5 nitrogen and oxygen atoms in total. The van der Waals surface area contributed by atoms with Crippen molar-refractivity contribution < 1.29 is 17.9 Å². The van der Waals surface area contributed by atoms with Gasteiger partial charge in [-0.15, -0.1) is 0 Å². The average molecular weight is 346 g/mol. The molecule has 1 amide bonds. The molecule has 1 aliphatic rings. The molecule has 0 spiro atoms. The summed E-state index contributed by atoms with van der Waals surface area (Å²) in [6.45, 7) is 4.07. The largest absolute Gasteiger partial charge is 0.484 e. The predicted octanol–water partition coefficient (Wildman–Crippen LogP) is 2.06. The third-order valence-electron chi connectivity index (χ3n) is 3.80. The molecule has 122 valence electrons. The molecule has 0 radical (unpaired) electrons. The van der Waals surface area contributed by atoms with Crippen molar-refractivity contribution in [1.29, 1.82) is 0 Å². The molecule has 1 saturated heterocycles. The summed E-state index contributed by atoms with van der Waals surface area (Å²) >= 11 is 5.94. The zero-order valence-electron chi connectivity index (χ0n) is 12.7. The summed E-state index contributed by atoms with van der Waals surface area (Å²) in [6.07, 6.45) is 0.502. The molecule has 1 fully saturated rings. The van der Waals surface area contributed by atoms with E-state index in [1.54, 1.807) is 23.1 Å². The van der Waals surface area contributed by atoms with Gasteiger partial charge >= 0.3 is 0 Å². The highest BCUT2D eigenvalue weighted by molar-refractivity contribution is 7.91. The number of rotatable bonds is 5. The van der Waals surface area contributed by atoms with E-state index >= 15 is 0 Å². The fourth-order valence-electron chi connectivity index (χ4n) is 2.59. The van der Waals surface area contributed by atoms with Crippen LogP contribution in [-0.2, 0) is 14.6 Å². The van der Waals surface area contributed by atoms with Crippen LogP contribution < -0.4 is 4.74 Å². The first kappa shape index (κ1) is 17.1. The molecule has 1 aromatic carbocycles. The van der Waals surface area contributed by atoms with Crippen LogP contribution in [0.25, 0.3) is 0 Å². The first-order valence-electron chi connectivity index (χ1n) is 7.21. The molecule has 1 aromatic rings. The molecule has 0 aliphatic carbocycles. The van der Waals surface area contributed by atoms with Gasteiger partial charge in [0.25, 0.3) is 5.91 Å². The monoisotopic (exact) mass is 345 g/mol. The smallest absolute Gasteiger partial charge is 0.260 e. The normalized spacial score (nSPS) is 19.9. The third kappa shape index (κ3) is 4.14. The maximum Gasteiger partial charge on any atom is 0.260 e. The lowest BCUT2D eigenvalue weighted by Gasteiger charge is -2.26. The van der Waals surface area contributed by atoms with Crippen molar-refractivity contribution in [3.63, 3.8) is 0 Å². The van der Waals surface area contributed by atoms with Gasteiger partial charge in [-0.3, -0.25) is 4.79 Å². The van der Waals surface area contributed by atoms with E-state index in [9.17, 15) is 13.2 Å². The van der Waals surface area contributed by atoms with E-state index in [-0.39, 0.29) is 30.1 Å². The standard InChI is InChI=1S/C15H20ClNO4S/c1-3-17(12-6-7-22(19,20)10-12)15(18)9-21-13-4-5-14(16)11(2)8-13/h4-5,8,12H,3,6-7,9-10H2,1-2H3. The number of carbonyl (C=O) groups is 1. The fourth-order valence-corrected chi connectivity index (χ4v) is 4.44. The topological polar surface area (TPSA) is 63.7 Å². The van der Waals surface area contributed by atoms with Gasteiger partial charge in [-0.1, -0.05) is 11.6 Å². The van der Waals surface area contributed by atoms with Gasteiger partial charge in [-0.05, 0) is 44.0 Å². The van der Waals surface area contributed by atoms with E-state index in [1.807, 2.05) is 13.8 Å². The maximum atomic E-state index is 12.3. The minimum atomic E-state index is -3.01. The van der Waals surface area contributed by atoms with Crippen molar-refractivity contribution in [3.8, 4) is 5.75 Å². The molecule has 0 bridgehead atoms. The summed E-state index contributed by atoms with van der Waals surface area (Å²) in [5, 5.41) is 0.644. The van der Waals surface area contributed by atoms with Gasteiger partial charge in [0.2, 0.25) is 0 Å². The molecule has 0 N–H and O–H groups in total. The average Bonchev–Trinajstić information content (AvgIpc) is 2.81. The third-order valence-corrected chi connectivity index (χ3v) is 5.98. The van der Waals surface area contributed by atoms with Gasteiger partial charge in [-0.25, -0.2) is 8.42 Å². The zero-order chi connectivity index (χ0) is 16.3. The van der Waals surface area contributed by atoms with Gasteiger partial charge < -0.3 is 9.64 Å². The number of carbonyl (C=O) groups excluding carboxylic acids is 1. The molecule has 0 aromatic heterocycles. The van der Waals surface area contributed by atoms with Crippen LogP contribution >= 0.6 is 11.6 Å². The number of nitrogens with zero attached hydrogens (tertiary/aromatic N) is 1. The van der Waals surface area contributed by atoms with Crippen LogP contribution in [-0.4, -0.2) is 49.9 Å². The highest BCUT2D eigenvalue weighted by Crippen LogP contribution is 2.22. The minimum Gasteiger partial charge on any atom is -0.484 e. The number of benzene rings is 1. The lowest BCUT2D eigenvalue weighted by molar-refractivity contribution is -0.135. The molecule has 1 atom stereocenters. The predicted molar refractivity (Wildman–Crippen MR) is 86.1 cm³/mol. The van der Waals surface area contributed by atoms with Crippen LogP contribution in [0.4, 0.5) is 0 Å². The number of ether oxygens (including phenoxy) is 1. The molecular weight excluding hydrogens is 326 g/mol. The molecule has 22 heavy (non-hydrogen) atoms. The van der Waals surface area contributed by atoms with Crippen LogP contribution in [0, 0.1) is 6.92 Å². The summed E-state index contributed by atoms with van der Waals surface area (Å²) in [5.74, 6) is 0.577. The number of halogens is 1. The second-order valence-corrected chi connectivity index (χ2v) is 8.07. The Labute approximate surface area is 136 Å². The lowest BCUT2D eigenvalue weighted by atomic mass is 10.2. The van der Waals surface area contributed by atoms with Crippen LogP contribution in [0.15, 0.2) is 18.2 Å². The summed E-state index contributed by atoms with van der Waals surface area (Å²) < 4.78 is 28.6. The summed E-state index contributed by atoms with van der Waals surface area (Å²) in [7, 11) is -3.01. The SMILES string of the molecule is CCN(C(=O)COc1ccc(Cl)c(C)c1)C1CCS(=O)(=O)C1. The van der Waals surface area contributed by atoms with Crippen LogP contribution in [0.3, 0.4) is 0 Å². The molecule has 0 saturated carbocycles. The van der Waals surface area contributed by atoms with Crippen molar-refractivity contribution >= 4 is 27.3 Å². The van der Waals surface area contributed by atoms with E-state index in [0.717, 1.165) is 5.56 Å².